The third kappa shape index (κ3) is 3.72. The van der Waals surface area contributed by atoms with Crippen molar-refractivity contribution in [3.05, 3.63) is 12.3 Å². The first kappa shape index (κ1) is 12.2. The van der Waals surface area contributed by atoms with Gasteiger partial charge in [0.15, 0.2) is 0 Å². The second-order valence-corrected chi connectivity index (χ2v) is 3.61. The van der Waals surface area contributed by atoms with Crippen LogP contribution in [0.5, 0.6) is 5.88 Å². The van der Waals surface area contributed by atoms with E-state index in [1.54, 1.807) is 19.3 Å². The fourth-order valence-electron chi connectivity index (χ4n) is 1.10. The Hall–Kier alpha value is -1.85. The Kier molecular flexibility index (Phi) is 4.04. The van der Waals surface area contributed by atoms with Gasteiger partial charge in [-0.25, -0.2) is 4.98 Å². The number of nitrogens with zero attached hydrogens (tertiary/aromatic N) is 3. The van der Waals surface area contributed by atoms with E-state index in [-0.39, 0.29) is 12.6 Å². The number of aliphatic carboxylic acids is 1. The molecule has 0 radical (unpaired) electrons. The van der Waals surface area contributed by atoms with Gasteiger partial charge in [-0.1, -0.05) is 0 Å². The molecule has 0 saturated heterocycles. The van der Waals surface area contributed by atoms with Gasteiger partial charge >= 0.3 is 5.97 Å². The van der Waals surface area contributed by atoms with Crippen molar-refractivity contribution in [2.75, 3.05) is 18.5 Å². The minimum atomic E-state index is -0.929. The second-order valence-electron chi connectivity index (χ2n) is 3.61. The quantitative estimate of drug-likeness (QED) is 0.798. The molecule has 0 bridgehead atoms. The third-order valence-corrected chi connectivity index (χ3v) is 1.69. The van der Waals surface area contributed by atoms with Gasteiger partial charge in [-0.05, 0) is 13.8 Å². The number of aromatic nitrogens is 2. The summed E-state index contributed by atoms with van der Waals surface area (Å²) in [6, 6.07) is 1.64. The summed E-state index contributed by atoms with van der Waals surface area (Å²) in [6.07, 6.45) is 1.56. The number of carboxylic acid groups (broad SMARTS) is 1. The van der Waals surface area contributed by atoms with Crippen LogP contribution in [0.25, 0.3) is 0 Å². The van der Waals surface area contributed by atoms with Crippen LogP contribution in [0.4, 0.5) is 5.95 Å². The molecular weight excluding hydrogens is 210 g/mol. The Bertz CT molecular complexity index is 368. The highest BCUT2D eigenvalue weighted by Gasteiger charge is 2.09. The molecule has 88 valence electrons. The second kappa shape index (κ2) is 5.29. The summed E-state index contributed by atoms with van der Waals surface area (Å²) in [4.78, 5) is 20.0. The number of hydrogen-bond donors (Lipinski definition) is 1. The number of rotatable bonds is 5. The molecule has 1 rings (SSSR count). The molecule has 0 fully saturated rings. The first-order valence-electron chi connectivity index (χ1n) is 4.91. The van der Waals surface area contributed by atoms with E-state index in [1.807, 2.05) is 13.8 Å². The summed E-state index contributed by atoms with van der Waals surface area (Å²) in [6.45, 7) is 3.64. The van der Waals surface area contributed by atoms with Crippen molar-refractivity contribution >= 4 is 11.9 Å². The Morgan fingerprint density at radius 2 is 2.31 bits per heavy atom. The third-order valence-electron chi connectivity index (χ3n) is 1.69. The van der Waals surface area contributed by atoms with Crippen molar-refractivity contribution in [1.29, 1.82) is 0 Å². The van der Waals surface area contributed by atoms with Gasteiger partial charge in [0.1, 0.15) is 6.54 Å². The van der Waals surface area contributed by atoms with Crippen molar-refractivity contribution in [1.82, 2.24) is 9.97 Å². The molecule has 0 aliphatic rings. The average Bonchev–Trinajstić information content (AvgIpc) is 2.16. The molecule has 0 atom stereocenters. The molecule has 6 heteroatoms. The predicted octanol–water partition coefficient (Wildman–Crippen LogP) is 0.785. The van der Waals surface area contributed by atoms with Gasteiger partial charge in [0, 0.05) is 19.3 Å². The van der Waals surface area contributed by atoms with Crippen LogP contribution in [0, 0.1) is 0 Å². The number of ether oxygens (including phenoxy) is 1. The van der Waals surface area contributed by atoms with Crippen LogP contribution in [-0.4, -0.2) is 40.7 Å². The molecule has 1 N–H and O–H groups in total. The topological polar surface area (TPSA) is 75.5 Å². The van der Waals surface area contributed by atoms with Crippen LogP contribution in [-0.2, 0) is 4.79 Å². The van der Waals surface area contributed by atoms with E-state index in [1.165, 1.54) is 4.90 Å². The predicted molar refractivity (Wildman–Crippen MR) is 58.7 cm³/mol. The summed E-state index contributed by atoms with van der Waals surface area (Å²) in [5.41, 5.74) is 0. The van der Waals surface area contributed by atoms with E-state index >= 15 is 0 Å². The van der Waals surface area contributed by atoms with E-state index < -0.39 is 5.97 Å². The molecule has 0 aliphatic carbocycles. The SMILES string of the molecule is CC(C)Oc1ccnc(N(C)CC(=O)O)n1. The van der Waals surface area contributed by atoms with Crippen LogP contribution in [0.15, 0.2) is 12.3 Å². The van der Waals surface area contributed by atoms with Gasteiger partial charge in [0.2, 0.25) is 11.8 Å². The summed E-state index contributed by atoms with van der Waals surface area (Å²) in [5, 5.41) is 8.63. The lowest BCUT2D eigenvalue weighted by Crippen LogP contribution is -2.27. The van der Waals surface area contributed by atoms with Crippen molar-refractivity contribution in [3.8, 4) is 5.88 Å². The maximum Gasteiger partial charge on any atom is 0.323 e. The van der Waals surface area contributed by atoms with E-state index in [4.69, 9.17) is 9.84 Å². The molecule has 0 spiro atoms. The number of anilines is 1. The Morgan fingerprint density at radius 3 is 2.88 bits per heavy atom. The maximum absolute atomic E-state index is 10.5. The van der Waals surface area contributed by atoms with Gasteiger partial charge in [-0.15, -0.1) is 0 Å². The Labute approximate surface area is 93.9 Å². The first-order valence-corrected chi connectivity index (χ1v) is 4.91. The molecule has 0 saturated carbocycles. The molecule has 1 heterocycles. The number of likely N-dealkylation sites (N-methyl/N-ethyl adjacent to an activating group) is 1. The number of carbonyl (C=O) groups is 1. The highest BCUT2D eigenvalue weighted by Crippen LogP contribution is 2.12. The average molecular weight is 225 g/mol. The van der Waals surface area contributed by atoms with Crippen LogP contribution in [0.1, 0.15) is 13.8 Å². The lowest BCUT2D eigenvalue weighted by molar-refractivity contribution is -0.135. The molecule has 0 aliphatic heterocycles. The summed E-state index contributed by atoms with van der Waals surface area (Å²) in [7, 11) is 1.61. The van der Waals surface area contributed by atoms with Gasteiger partial charge < -0.3 is 14.7 Å². The monoisotopic (exact) mass is 225 g/mol. The van der Waals surface area contributed by atoms with E-state index in [0.717, 1.165) is 0 Å². The molecule has 0 unspecified atom stereocenters. The minimum absolute atomic E-state index is 0.0209. The van der Waals surface area contributed by atoms with Crippen molar-refractivity contribution < 1.29 is 14.6 Å². The van der Waals surface area contributed by atoms with Crippen molar-refractivity contribution in [3.63, 3.8) is 0 Å². The molecule has 0 aromatic carbocycles. The normalized spacial score (nSPS) is 10.2. The summed E-state index contributed by atoms with van der Waals surface area (Å²) in [5.74, 6) is -0.154. The lowest BCUT2D eigenvalue weighted by atomic mass is 10.5. The Balaban J connectivity index is 2.77. The van der Waals surface area contributed by atoms with Crippen LogP contribution in [0.2, 0.25) is 0 Å². The van der Waals surface area contributed by atoms with Crippen molar-refractivity contribution in [2.45, 2.75) is 20.0 Å². The van der Waals surface area contributed by atoms with E-state index in [0.29, 0.717) is 11.8 Å². The van der Waals surface area contributed by atoms with E-state index in [9.17, 15) is 4.79 Å². The molecule has 1 aromatic heterocycles. The highest BCUT2D eigenvalue weighted by atomic mass is 16.5. The first-order chi connectivity index (χ1) is 7.49. The minimum Gasteiger partial charge on any atom is -0.480 e. The summed E-state index contributed by atoms with van der Waals surface area (Å²) >= 11 is 0. The molecule has 0 amide bonds. The summed E-state index contributed by atoms with van der Waals surface area (Å²) < 4.78 is 5.38. The van der Waals surface area contributed by atoms with Crippen LogP contribution in [0.3, 0.4) is 0 Å². The zero-order chi connectivity index (χ0) is 12.1. The standard InChI is InChI=1S/C10H15N3O3/c1-7(2)16-8-4-5-11-10(12-8)13(3)6-9(14)15/h4-5,7H,6H2,1-3H3,(H,14,15). The molecular formula is C10H15N3O3. The highest BCUT2D eigenvalue weighted by molar-refractivity contribution is 5.72. The van der Waals surface area contributed by atoms with Crippen LogP contribution >= 0.6 is 0 Å². The molecule has 6 nitrogen and oxygen atoms in total. The fraction of sp³-hybridized carbons (Fsp3) is 0.500. The van der Waals surface area contributed by atoms with Crippen LogP contribution < -0.4 is 9.64 Å². The lowest BCUT2D eigenvalue weighted by Gasteiger charge is -2.15. The van der Waals surface area contributed by atoms with Gasteiger partial charge in [-0.3, -0.25) is 4.79 Å². The zero-order valence-corrected chi connectivity index (χ0v) is 9.54. The maximum atomic E-state index is 10.5. The van der Waals surface area contributed by atoms with Crippen molar-refractivity contribution in [2.24, 2.45) is 0 Å². The van der Waals surface area contributed by atoms with E-state index in [2.05, 4.69) is 9.97 Å². The molecule has 1 aromatic rings. The molecule has 16 heavy (non-hydrogen) atoms. The largest absolute Gasteiger partial charge is 0.480 e. The number of hydrogen-bond acceptors (Lipinski definition) is 5. The van der Waals surface area contributed by atoms with Gasteiger partial charge in [0.25, 0.3) is 0 Å². The zero-order valence-electron chi connectivity index (χ0n) is 9.54. The van der Waals surface area contributed by atoms with Gasteiger partial charge in [-0.2, -0.15) is 4.98 Å². The Morgan fingerprint density at radius 1 is 1.62 bits per heavy atom. The van der Waals surface area contributed by atoms with Gasteiger partial charge in [0.05, 0.1) is 6.10 Å². The fourth-order valence-corrected chi connectivity index (χ4v) is 1.10. The number of carboxylic acids is 1. The smallest absolute Gasteiger partial charge is 0.323 e.